The number of ketones is 1. The normalized spacial score (nSPS) is 18.0. The summed E-state index contributed by atoms with van der Waals surface area (Å²) in [4.78, 5) is 66.5. The van der Waals surface area contributed by atoms with Crippen LogP contribution in [0.1, 0.15) is 92.5 Å². The molecule has 1 saturated carbocycles. The maximum Gasteiger partial charge on any atom is 0.309 e. The Balaban J connectivity index is 1.53. The maximum absolute atomic E-state index is 14.4. The number of carboxylic acids is 1. The number of methoxy groups -OCH3 is 2. The Bertz CT molecular complexity index is 2610. The fraction of sp³-hybridized carbons (Fsp3) is 0.444. The summed E-state index contributed by atoms with van der Waals surface area (Å²) < 4.78 is 16.5. The lowest BCUT2D eigenvalue weighted by Crippen LogP contribution is -2.25. The highest BCUT2D eigenvalue weighted by atomic mass is 16.6. The van der Waals surface area contributed by atoms with Crippen LogP contribution in [0.4, 0.5) is 5.69 Å². The first-order valence-electron chi connectivity index (χ1n) is 19.8. The van der Waals surface area contributed by atoms with E-state index in [1.807, 2.05) is 13.0 Å². The van der Waals surface area contributed by atoms with E-state index in [4.69, 9.17) is 14.2 Å². The molecule has 0 spiro atoms. The Morgan fingerprint density at radius 3 is 2.07 bits per heavy atom. The molecule has 13 nitrogen and oxygen atoms in total. The first kappa shape index (κ1) is 40.8. The number of Topliss-reactive ketones (excluding diaryl/α,β-unsaturated/α-hetero) is 1. The Hall–Kier alpha value is -5.37. The molecule has 0 heterocycles. The fourth-order valence-electron chi connectivity index (χ4n) is 9.77. The standard InChI is InChI=1S/C45H49NO12/c1-21-16-28-27(12-9-23-7-10-24(11-8-23)45(55)58-15-14-56-3)43(54)37-30(51)18-26(20-48)33-34-25(19-47)17-29(50)36-39(34)40(35(28)38(33)37)41(32(21)22(2)49)44(57-4)42(36)46-13-5-6-31(52)53/h16-18,23-24,32,46-48,54H,5-15,19-20H2,1-4H3,(H,52,53). The average molecular weight is 796 g/mol. The number of carbonyl (C=O) groups is 3. The summed E-state index contributed by atoms with van der Waals surface area (Å²) >= 11 is 0. The number of esters is 1. The molecule has 2 aliphatic rings. The molecule has 5 N–H and O–H groups in total. The van der Waals surface area contributed by atoms with Gasteiger partial charge in [-0.1, -0.05) is 11.6 Å². The minimum atomic E-state index is -0.983. The van der Waals surface area contributed by atoms with E-state index in [1.165, 1.54) is 26.2 Å². The molecule has 2 aliphatic carbocycles. The Morgan fingerprint density at radius 2 is 1.48 bits per heavy atom. The molecule has 5 aromatic carbocycles. The van der Waals surface area contributed by atoms with E-state index in [1.54, 1.807) is 7.11 Å². The first-order valence-corrected chi connectivity index (χ1v) is 19.8. The monoisotopic (exact) mass is 795 g/mol. The number of aliphatic carboxylic acids is 1. The van der Waals surface area contributed by atoms with E-state index in [-0.39, 0.29) is 88.7 Å². The number of phenolic OH excluding ortho intramolecular Hbond substituents is 1. The second kappa shape index (κ2) is 16.5. The van der Waals surface area contributed by atoms with E-state index < -0.39 is 36.0 Å². The number of hydrogen-bond acceptors (Lipinski definition) is 12. The summed E-state index contributed by atoms with van der Waals surface area (Å²) in [5.74, 6) is -2.32. The SMILES string of the molecule is COCCOC(=O)C1CCC(CCc2c(O)c3c(=O)cc(CO)c4c5c(CO)cc(=O)c6c(NCCCC(=O)O)c(OC)c7c(c(c2C=C(C)C7C(C)=O)c34)c65)CC1. The van der Waals surface area contributed by atoms with Crippen molar-refractivity contribution in [2.75, 3.05) is 39.3 Å². The van der Waals surface area contributed by atoms with Crippen molar-refractivity contribution in [3.05, 3.63) is 66.0 Å². The molecule has 1 unspecified atom stereocenters. The molecule has 306 valence electrons. The summed E-state index contributed by atoms with van der Waals surface area (Å²) in [7, 11) is 2.98. The predicted molar refractivity (Wildman–Crippen MR) is 220 cm³/mol. The highest BCUT2D eigenvalue weighted by Gasteiger charge is 2.37. The van der Waals surface area contributed by atoms with E-state index in [0.29, 0.717) is 86.9 Å². The van der Waals surface area contributed by atoms with Gasteiger partial charge in [-0.15, -0.1) is 0 Å². The average Bonchev–Trinajstić information content (AvgIpc) is 3.33. The number of carbonyl (C=O) groups excluding carboxylic acids is 2. The van der Waals surface area contributed by atoms with Crippen molar-refractivity contribution in [3.63, 3.8) is 0 Å². The number of hydrogen-bond donors (Lipinski definition) is 5. The highest BCUT2D eigenvalue weighted by molar-refractivity contribution is 6.39. The molecule has 13 heteroatoms. The zero-order valence-electron chi connectivity index (χ0n) is 33.2. The number of allylic oxidation sites excluding steroid dienone is 1. The number of aromatic hydroxyl groups is 1. The van der Waals surface area contributed by atoms with Crippen LogP contribution in [-0.4, -0.2) is 72.1 Å². The van der Waals surface area contributed by atoms with Crippen LogP contribution >= 0.6 is 0 Å². The van der Waals surface area contributed by atoms with Gasteiger partial charge in [0.15, 0.2) is 10.9 Å². The van der Waals surface area contributed by atoms with Crippen LogP contribution in [0.5, 0.6) is 11.5 Å². The zero-order valence-corrected chi connectivity index (χ0v) is 33.2. The number of benzene rings is 5. The number of anilines is 1. The van der Waals surface area contributed by atoms with Gasteiger partial charge in [-0.05, 0) is 115 Å². The number of rotatable bonds is 16. The van der Waals surface area contributed by atoms with Crippen LogP contribution in [-0.2, 0) is 43.5 Å². The summed E-state index contributed by atoms with van der Waals surface area (Å²) in [6.45, 7) is 2.84. The third-order valence-electron chi connectivity index (χ3n) is 12.3. The summed E-state index contributed by atoms with van der Waals surface area (Å²) in [6, 6.07) is 2.59. The molecular weight excluding hydrogens is 746 g/mol. The molecule has 0 amide bonds. The number of fused-ring (bicyclic) bond motifs is 1. The molecule has 0 aliphatic heterocycles. The van der Waals surface area contributed by atoms with Gasteiger partial charge in [-0.2, -0.15) is 0 Å². The fourth-order valence-corrected chi connectivity index (χ4v) is 9.77. The molecule has 0 bridgehead atoms. The van der Waals surface area contributed by atoms with Crippen molar-refractivity contribution in [2.24, 2.45) is 11.8 Å². The summed E-state index contributed by atoms with van der Waals surface area (Å²) in [5.41, 5.74) is 1.92. The largest absolute Gasteiger partial charge is 0.507 e. The van der Waals surface area contributed by atoms with Gasteiger partial charge in [0, 0.05) is 42.0 Å². The smallest absolute Gasteiger partial charge is 0.309 e. The number of ether oxygens (including phenoxy) is 3. The zero-order chi connectivity index (χ0) is 41.6. The van der Waals surface area contributed by atoms with Crippen LogP contribution in [0, 0.1) is 11.8 Å². The van der Waals surface area contributed by atoms with Crippen molar-refractivity contribution in [1.82, 2.24) is 0 Å². The van der Waals surface area contributed by atoms with Gasteiger partial charge < -0.3 is 40.0 Å². The summed E-state index contributed by atoms with van der Waals surface area (Å²) in [6.07, 6.45) is 5.81. The molecule has 0 aromatic heterocycles. The predicted octanol–water partition coefficient (Wildman–Crippen LogP) is 5.89. The minimum Gasteiger partial charge on any atom is -0.507 e. The lowest BCUT2D eigenvalue weighted by atomic mass is 9.77. The quantitative estimate of drug-likeness (QED) is 0.0343. The van der Waals surface area contributed by atoms with Gasteiger partial charge in [0.25, 0.3) is 0 Å². The van der Waals surface area contributed by atoms with E-state index in [9.17, 15) is 44.4 Å². The van der Waals surface area contributed by atoms with Gasteiger partial charge in [-0.3, -0.25) is 24.0 Å². The topological polar surface area (TPSA) is 206 Å². The Labute approximate surface area is 333 Å². The molecule has 1 atom stereocenters. The number of phenols is 1. The first-order chi connectivity index (χ1) is 27.9. The molecule has 0 saturated heterocycles. The van der Waals surface area contributed by atoms with Gasteiger partial charge in [0.2, 0.25) is 0 Å². The van der Waals surface area contributed by atoms with Crippen LogP contribution in [0.2, 0.25) is 0 Å². The Morgan fingerprint density at radius 1 is 0.845 bits per heavy atom. The number of nitrogens with one attached hydrogen (secondary N) is 1. The van der Waals surface area contributed by atoms with Gasteiger partial charge >= 0.3 is 11.9 Å². The van der Waals surface area contributed by atoms with Crippen molar-refractivity contribution < 1.29 is 49.0 Å². The van der Waals surface area contributed by atoms with Gasteiger partial charge in [-0.25, -0.2) is 0 Å². The second-order valence-corrected chi connectivity index (χ2v) is 15.7. The third-order valence-corrected chi connectivity index (χ3v) is 12.3. The Kier molecular flexibility index (Phi) is 11.6. The van der Waals surface area contributed by atoms with Crippen molar-refractivity contribution in [2.45, 2.75) is 84.3 Å². The van der Waals surface area contributed by atoms with Crippen LogP contribution < -0.4 is 20.9 Å². The third kappa shape index (κ3) is 6.78. The molecule has 58 heavy (non-hydrogen) atoms. The lowest BCUT2D eigenvalue weighted by molar-refractivity contribution is -0.151. The lowest BCUT2D eigenvalue weighted by Gasteiger charge is -2.28. The van der Waals surface area contributed by atoms with Crippen LogP contribution in [0.25, 0.3) is 49.2 Å². The minimum absolute atomic E-state index is 0.0328. The highest BCUT2D eigenvalue weighted by Crippen LogP contribution is 2.56. The van der Waals surface area contributed by atoms with Gasteiger partial charge in [0.1, 0.15) is 23.9 Å². The number of carboxylic acid groups (broad SMARTS) is 1. The van der Waals surface area contributed by atoms with Crippen molar-refractivity contribution in [1.29, 1.82) is 0 Å². The molecule has 0 radical (unpaired) electrons. The van der Waals surface area contributed by atoms with Gasteiger partial charge in [0.05, 0.1) is 55.2 Å². The van der Waals surface area contributed by atoms with Crippen molar-refractivity contribution in [3.8, 4) is 11.5 Å². The van der Waals surface area contributed by atoms with Crippen molar-refractivity contribution >= 4 is 72.6 Å². The van der Waals surface area contributed by atoms with E-state index >= 15 is 0 Å². The molecule has 1 fully saturated rings. The number of aliphatic hydroxyl groups is 2. The van der Waals surface area contributed by atoms with Crippen LogP contribution in [0.3, 0.4) is 0 Å². The number of aliphatic hydroxyl groups excluding tert-OH is 2. The van der Waals surface area contributed by atoms with E-state index in [0.717, 1.165) is 12.8 Å². The molecule has 5 aromatic rings. The molecular formula is C45H49NO12. The second-order valence-electron chi connectivity index (χ2n) is 15.7. The summed E-state index contributed by atoms with van der Waals surface area (Å²) in [5, 5.41) is 49.3. The maximum atomic E-state index is 14.4. The molecule has 7 rings (SSSR count). The van der Waals surface area contributed by atoms with Crippen LogP contribution in [0.15, 0.2) is 27.3 Å². The van der Waals surface area contributed by atoms with E-state index in [2.05, 4.69) is 5.32 Å².